The third kappa shape index (κ3) is 4.16. The molecule has 7 nitrogen and oxygen atoms in total. The molecule has 2 atom stereocenters. The minimum atomic E-state index is -0.689. The van der Waals surface area contributed by atoms with Crippen molar-refractivity contribution in [1.29, 1.82) is 0 Å². The van der Waals surface area contributed by atoms with Gasteiger partial charge in [-0.05, 0) is 29.8 Å². The smallest absolute Gasteiger partial charge is 0.337 e. The Hall–Kier alpha value is -2.74. The minimum absolute atomic E-state index is 0.00198. The normalized spacial score (nSPS) is 19.0. The summed E-state index contributed by atoms with van der Waals surface area (Å²) in [5.41, 5.74) is 1.04. The first-order valence-corrected chi connectivity index (χ1v) is 9.34. The van der Waals surface area contributed by atoms with Crippen LogP contribution in [0.15, 0.2) is 47.1 Å². The Labute approximate surface area is 160 Å². The van der Waals surface area contributed by atoms with Crippen molar-refractivity contribution in [3.8, 4) is 0 Å². The van der Waals surface area contributed by atoms with Crippen molar-refractivity contribution < 1.29 is 28.3 Å². The number of hydrogen-bond acceptors (Lipinski definition) is 7. The topological polar surface area (TPSA) is 86.1 Å². The Balaban J connectivity index is 1.67. The van der Waals surface area contributed by atoms with Crippen molar-refractivity contribution >= 4 is 29.6 Å². The molecule has 1 aromatic heterocycles. The summed E-state index contributed by atoms with van der Waals surface area (Å²) < 4.78 is 15.5. The molecule has 1 aromatic carbocycles. The standard InChI is InChI=1S/C19H19NO6S/c1-12(21)20-15(11-27-17(20)16-7-4-8-25-16)19(23)26-10-13-5-3-6-14(9-13)18(22)24-2/h3-9,15,17H,10-11H2,1-2H3/t15-,17+/m1/s1. The number of methoxy groups -OCH3 is 1. The Morgan fingerprint density at radius 3 is 2.74 bits per heavy atom. The van der Waals surface area contributed by atoms with Gasteiger partial charge in [0.15, 0.2) is 0 Å². The minimum Gasteiger partial charge on any atom is -0.466 e. The van der Waals surface area contributed by atoms with E-state index in [1.807, 2.05) is 0 Å². The zero-order valence-electron chi connectivity index (χ0n) is 14.9. The van der Waals surface area contributed by atoms with E-state index in [4.69, 9.17) is 9.15 Å². The Morgan fingerprint density at radius 1 is 1.26 bits per heavy atom. The maximum atomic E-state index is 12.6. The summed E-state index contributed by atoms with van der Waals surface area (Å²) in [6.07, 6.45) is 1.54. The molecular formula is C19H19NO6S. The molecule has 1 saturated heterocycles. The number of ether oxygens (including phenoxy) is 2. The Kier molecular flexibility index (Phi) is 5.85. The van der Waals surface area contributed by atoms with Crippen molar-refractivity contribution in [2.24, 2.45) is 0 Å². The van der Waals surface area contributed by atoms with E-state index in [2.05, 4.69) is 4.74 Å². The van der Waals surface area contributed by atoms with Crippen molar-refractivity contribution in [3.63, 3.8) is 0 Å². The van der Waals surface area contributed by atoms with Crippen LogP contribution in [-0.4, -0.2) is 41.7 Å². The first-order chi connectivity index (χ1) is 13.0. The zero-order valence-corrected chi connectivity index (χ0v) is 15.7. The zero-order chi connectivity index (χ0) is 19.4. The fourth-order valence-electron chi connectivity index (χ4n) is 2.88. The van der Waals surface area contributed by atoms with E-state index in [9.17, 15) is 14.4 Å². The highest BCUT2D eigenvalue weighted by molar-refractivity contribution is 7.99. The molecule has 0 unspecified atom stereocenters. The van der Waals surface area contributed by atoms with Crippen molar-refractivity contribution in [1.82, 2.24) is 4.90 Å². The molecule has 1 aliphatic rings. The fourth-order valence-corrected chi connectivity index (χ4v) is 4.30. The lowest BCUT2D eigenvalue weighted by atomic mass is 10.1. The molecule has 27 heavy (non-hydrogen) atoms. The van der Waals surface area contributed by atoms with Crippen molar-refractivity contribution in [2.75, 3.05) is 12.9 Å². The number of thioether (sulfide) groups is 1. The molecule has 0 radical (unpaired) electrons. The van der Waals surface area contributed by atoms with Crippen LogP contribution in [0.3, 0.4) is 0 Å². The molecule has 1 fully saturated rings. The Morgan fingerprint density at radius 2 is 2.07 bits per heavy atom. The van der Waals surface area contributed by atoms with E-state index < -0.39 is 18.0 Å². The second kappa shape index (κ2) is 8.30. The van der Waals surface area contributed by atoms with Crippen LogP contribution < -0.4 is 0 Å². The van der Waals surface area contributed by atoms with Gasteiger partial charge in [0.2, 0.25) is 5.91 Å². The summed E-state index contributed by atoms with van der Waals surface area (Å²) >= 11 is 1.45. The monoisotopic (exact) mass is 389 g/mol. The highest BCUT2D eigenvalue weighted by atomic mass is 32.2. The van der Waals surface area contributed by atoms with Gasteiger partial charge < -0.3 is 18.8 Å². The van der Waals surface area contributed by atoms with Gasteiger partial charge in [0, 0.05) is 12.7 Å². The SMILES string of the molecule is COC(=O)c1cccc(COC(=O)[C@H]2CS[C@@H](c3ccco3)N2C(C)=O)c1. The van der Waals surface area contributed by atoms with Gasteiger partial charge in [0.25, 0.3) is 0 Å². The molecule has 0 N–H and O–H groups in total. The Bertz CT molecular complexity index is 834. The van der Waals surface area contributed by atoms with E-state index in [0.29, 0.717) is 22.6 Å². The average molecular weight is 389 g/mol. The van der Waals surface area contributed by atoms with Crippen LogP contribution in [0.4, 0.5) is 0 Å². The van der Waals surface area contributed by atoms with Crippen LogP contribution in [-0.2, 0) is 25.7 Å². The van der Waals surface area contributed by atoms with Gasteiger partial charge >= 0.3 is 11.9 Å². The second-order valence-corrected chi connectivity index (χ2v) is 7.06. The fraction of sp³-hybridized carbons (Fsp3) is 0.316. The number of amides is 1. The molecular weight excluding hydrogens is 370 g/mol. The maximum Gasteiger partial charge on any atom is 0.337 e. The number of esters is 2. The summed E-state index contributed by atoms with van der Waals surface area (Å²) in [5, 5.41) is -0.349. The number of carbonyl (C=O) groups excluding carboxylic acids is 3. The predicted octanol–water partition coefficient (Wildman–Crippen LogP) is 2.77. The molecule has 0 saturated carbocycles. The number of furan rings is 1. The van der Waals surface area contributed by atoms with Gasteiger partial charge in [-0.3, -0.25) is 4.79 Å². The van der Waals surface area contributed by atoms with Crippen molar-refractivity contribution in [2.45, 2.75) is 24.9 Å². The van der Waals surface area contributed by atoms with E-state index in [1.54, 1.807) is 36.4 Å². The number of hydrogen-bond donors (Lipinski definition) is 0. The highest BCUT2D eigenvalue weighted by Gasteiger charge is 2.43. The van der Waals surface area contributed by atoms with Gasteiger partial charge in [-0.2, -0.15) is 0 Å². The molecule has 2 heterocycles. The maximum absolute atomic E-state index is 12.6. The van der Waals surface area contributed by atoms with Gasteiger partial charge in [0.1, 0.15) is 23.8 Å². The number of nitrogens with zero attached hydrogens (tertiary/aromatic N) is 1. The quantitative estimate of drug-likeness (QED) is 0.727. The lowest BCUT2D eigenvalue weighted by Gasteiger charge is -2.25. The third-order valence-electron chi connectivity index (χ3n) is 4.15. The molecule has 0 aliphatic carbocycles. The molecule has 3 rings (SSSR count). The van der Waals surface area contributed by atoms with E-state index in [1.165, 1.54) is 37.0 Å². The number of rotatable bonds is 5. The molecule has 8 heteroatoms. The van der Waals surface area contributed by atoms with Crippen LogP contribution in [0.2, 0.25) is 0 Å². The van der Waals surface area contributed by atoms with E-state index in [0.717, 1.165) is 0 Å². The predicted molar refractivity (Wildman–Crippen MR) is 97.8 cm³/mol. The lowest BCUT2D eigenvalue weighted by Crippen LogP contribution is -2.42. The van der Waals surface area contributed by atoms with Gasteiger partial charge in [-0.25, -0.2) is 9.59 Å². The average Bonchev–Trinajstić information content (AvgIpc) is 3.34. The molecule has 1 amide bonds. The highest BCUT2D eigenvalue weighted by Crippen LogP contribution is 2.41. The second-order valence-electron chi connectivity index (χ2n) is 5.94. The van der Waals surface area contributed by atoms with Crippen LogP contribution in [0.1, 0.15) is 34.0 Å². The number of benzene rings is 1. The first-order valence-electron chi connectivity index (χ1n) is 8.29. The van der Waals surface area contributed by atoms with Crippen LogP contribution in [0.5, 0.6) is 0 Å². The largest absolute Gasteiger partial charge is 0.466 e. The van der Waals surface area contributed by atoms with Gasteiger partial charge in [-0.1, -0.05) is 12.1 Å². The van der Waals surface area contributed by atoms with Gasteiger partial charge in [0.05, 0.1) is 18.9 Å². The summed E-state index contributed by atoms with van der Waals surface area (Å²) in [4.78, 5) is 37.8. The summed E-state index contributed by atoms with van der Waals surface area (Å²) in [6.45, 7) is 1.42. The molecule has 0 bridgehead atoms. The van der Waals surface area contributed by atoms with E-state index >= 15 is 0 Å². The summed E-state index contributed by atoms with van der Waals surface area (Å²) in [7, 11) is 1.30. The lowest BCUT2D eigenvalue weighted by molar-refractivity contribution is -0.154. The number of carbonyl (C=O) groups is 3. The van der Waals surface area contributed by atoms with Crippen molar-refractivity contribution in [3.05, 3.63) is 59.5 Å². The molecule has 2 aromatic rings. The van der Waals surface area contributed by atoms with Gasteiger partial charge in [-0.15, -0.1) is 11.8 Å². The molecule has 0 spiro atoms. The first kappa shape index (κ1) is 19.0. The summed E-state index contributed by atoms with van der Waals surface area (Å²) in [6, 6.07) is 9.50. The summed E-state index contributed by atoms with van der Waals surface area (Å²) in [5.74, 6) is -0.131. The van der Waals surface area contributed by atoms with E-state index in [-0.39, 0.29) is 17.9 Å². The van der Waals surface area contributed by atoms with Crippen LogP contribution in [0.25, 0.3) is 0 Å². The third-order valence-corrected chi connectivity index (χ3v) is 5.44. The van der Waals surface area contributed by atoms with Crippen LogP contribution in [0, 0.1) is 0 Å². The molecule has 1 aliphatic heterocycles. The van der Waals surface area contributed by atoms with Crippen LogP contribution >= 0.6 is 11.8 Å². The molecule has 142 valence electrons.